The van der Waals surface area contributed by atoms with Crippen molar-refractivity contribution in [3.05, 3.63) is 29.3 Å². The van der Waals surface area contributed by atoms with Gasteiger partial charge in [0.15, 0.2) is 0 Å². The fourth-order valence-corrected chi connectivity index (χ4v) is 2.24. The fourth-order valence-electron chi connectivity index (χ4n) is 2.24. The Kier molecular flexibility index (Phi) is 6.52. The van der Waals surface area contributed by atoms with Crippen LogP contribution in [0.4, 0.5) is 18.9 Å². The molecule has 0 aliphatic carbocycles. The summed E-state index contributed by atoms with van der Waals surface area (Å²) in [6.07, 6.45) is -3.51. The maximum atomic E-state index is 13.3. The van der Waals surface area contributed by atoms with Crippen LogP contribution in [-0.2, 0) is 12.7 Å². The van der Waals surface area contributed by atoms with Gasteiger partial charge in [-0.25, -0.2) is 0 Å². The molecule has 0 aliphatic heterocycles. The number of nitrogens with zero attached hydrogens (tertiary/aromatic N) is 1. The lowest BCUT2D eigenvalue weighted by molar-refractivity contribution is -0.137. The third-order valence-electron chi connectivity index (χ3n) is 3.30. The van der Waals surface area contributed by atoms with Gasteiger partial charge in [0.2, 0.25) is 0 Å². The van der Waals surface area contributed by atoms with E-state index in [1.807, 2.05) is 27.7 Å². The van der Waals surface area contributed by atoms with E-state index in [1.165, 1.54) is 6.07 Å². The standard InChI is InChI=1S/C16H25F3N2/c1-5-9-21(6-2)15-8-7-13(11-20-12(3)4)10-14(15)16(17,18)19/h7-8,10,12,20H,5-6,9,11H2,1-4H3. The minimum atomic E-state index is -4.33. The third-order valence-corrected chi connectivity index (χ3v) is 3.30. The zero-order chi connectivity index (χ0) is 16.0. The Bertz CT molecular complexity index is 442. The normalized spacial score (nSPS) is 12.0. The molecule has 0 unspecified atom stereocenters. The summed E-state index contributed by atoms with van der Waals surface area (Å²) in [4.78, 5) is 1.78. The Hall–Kier alpha value is -1.23. The van der Waals surface area contributed by atoms with Crippen molar-refractivity contribution in [1.82, 2.24) is 5.32 Å². The Morgan fingerprint density at radius 3 is 2.33 bits per heavy atom. The number of hydrogen-bond acceptors (Lipinski definition) is 2. The first-order valence-corrected chi connectivity index (χ1v) is 7.48. The third kappa shape index (κ3) is 5.23. The predicted molar refractivity (Wildman–Crippen MR) is 81.6 cm³/mol. The van der Waals surface area contributed by atoms with E-state index in [0.717, 1.165) is 6.42 Å². The fraction of sp³-hybridized carbons (Fsp3) is 0.625. The second kappa shape index (κ2) is 7.69. The van der Waals surface area contributed by atoms with Gasteiger partial charge in [0.05, 0.1) is 5.56 Å². The van der Waals surface area contributed by atoms with Crippen molar-refractivity contribution >= 4 is 5.69 Å². The number of anilines is 1. The van der Waals surface area contributed by atoms with Gasteiger partial charge < -0.3 is 10.2 Å². The smallest absolute Gasteiger partial charge is 0.371 e. The van der Waals surface area contributed by atoms with Crippen molar-refractivity contribution in [3.8, 4) is 0 Å². The van der Waals surface area contributed by atoms with Gasteiger partial charge in [-0.05, 0) is 31.0 Å². The molecule has 0 aromatic heterocycles. The van der Waals surface area contributed by atoms with Gasteiger partial charge in [0, 0.05) is 31.4 Å². The van der Waals surface area contributed by atoms with Crippen LogP contribution in [-0.4, -0.2) is 19.1 Å². The Balaban J connectivity index is 3.13. The molecule has 0 amide bonds. The maximum absolute atomic E-state index is 13.3. The first-order valence-electron chi connectivity index (χ1n) is 7.48. The summed E-state index contributed by atoms with van der Waals surface area (Å²) in [5.41, 5.74) is 0.397. The molecule has 120 valence electrons. The molecular formula is C16H25F3N2. The van der Waals surface area contributed by atoms with Crippen LogP contribution >= 0.6 is 0 Å². The van der Waals surface area contributed by atoms with Crippen LogP contribution in [0.1, 0.15) is 45.2 Å². The van der Waals surface area contributed by atoms with Crippen LogP contribution in [0.2, 0.25) is 0 Å². The van der Waals surface area contributed by atoms with E-state index in [1.54, 1.807) is 17.0 Å². The van der Waals surface area contributed by atoms with Gasteiger partial charge in [-0.15, -0.1) is 0 Å². The van der Waals surface area contributed by atoms with Crippen molar-refractivity contribution in [2.24, 2.45) is 0 Å². The van der Waals surface area contributed by atoms with Crippen molar-refractivity contribution in [2.75, 3.05) is 18.0 Å². The molecule has 1 aromatic carbocycles. The highest BCUT2D eigenvalue weighted by Crippen LogP contribution is 2.37. The zero-order valence-corrected chi connectivity index (χ0v) is 13.2. The molecule has 1 aromatic rings. The van der Waals surface area contributed by atoms with Crippen molar-refractivity contribution in [1.29, 1.82) is 0 Å². The highest BCUT2D eigenvalue weighted by atomic mass is 19.4. The molecule has 0 radical (unpaired) electrons. The van der Waals surface area contributed by atoms with Crippen molar-refractivity contribution < 1.29 is 13.2 Å². The van der Waals surface area contributed by atoms with Crippen LogP contribution in [0.15, 0.2) is 18.2 Å². The van der Waals surface area contributed by atoms with Gasteiger partial charge in [-0.3, -0.25) is 0 Å². The number of alkyl halides is 3. The van der Waals surface area contributed by atoms with E-state index in [0.29, 0.717) is 25.2 Å². The molecule has 1 rings (SSSR count). The van der Waals surface area contributed by atoms with Crippen LogP contribution in [0.5, 0.6) is 0 Å². The molecule has 1 N–H and O–H groups in total. The number of halogens is 3. The lowest BCUT2D eigenvalue weighted by Gasteiger charge is -2.26. The summed E-state index contributed by atoms with van der Waals surface area (Å²) in [5.74, 6) is 0. The molecule has 0 bridgehead atoms. The molecule has 0 spiro atoms. The average molecular weight is 302 g/mol. The minimum absolute atomic E-state index is 0.242. The number of benzene rings is 1. The van der Waals surface area contributed by atoms with Crippen LogP contribution in [0.3, 0.4) is 0 Å². The molecule has 2 nitrogen and oxygen atoms in total. The van der Waals surface area contributed by atoms with Crippen LogP contribution in [0.25, 0.3) is 0 Å². The molecule has 0 heterocycles. The number of rotatable bonds is 7. The lowest BCUT2D eigenvalue weighted by Crippen LogP contribution is -2.27. The monoisotopic (exact) mass is 302 g/mol. The first-order chi connectivity index (χ1) is 9.79. The Labute approximate surface area is 125 Å². The van der Waals surface area contributed by atoms with Crippen LogP contribution in [0, 0.1) is 0 Å². The topological polar surface area (TPSA) is 15.3 Å². The van der Waals surface area contributed by atoms with Crippen LogP contribution < -0.4 is 10.2 Å². The molecular weight excluding hydrogens is 277 g/mol. The van der Waals surface area contributed by atoms with E-state index in [-0.39, 0.29) is 11.7 Å². The molecule has 0 saturated heterocycles. The summed E-state index contributed by atoms with van der Waals surface area (Å²) in [6, 6.07) is 4.88. The van der Waals surface area contributed by atoms with E-state index in [2.05, 4.69) is 5.32 Å². The SMILES string of the molecule is CCCN(CC)c1ccc(CNC(C)C)cc1C(F)(F)F. The second-order valence-electron chi connectivity index (χ2n) is 5.46. The van der Waals surface area contributed by atoms with E-state index in [4.69, 9.17) is 0 Å². The molecule has 0 fully saturated rings. The lowest BCUT2D eigenvalue weighted by atomic mass is 10.1. The first kappa shape index (κ1) is 17.8. The van der Waals surface area contributed by atoms with E-state index in [9.17, 15) is 13.2 Å². The van der Waals surface area contributed by atoms with Gasteiger partial charge >= 0.3 is 6.18 Å². The molecule has 21 heavy (non-hydrogen) atoms. The largest absolute Gasteiger partial charge is 0.418 e. The average Bonchev–Trinajstić information content (AvgIpc) is 2.41. The summed E-state index contributed by atoms with van der Waals surface area (Å²) >= 11 is 0. The molecule has 5 heteroatoms. The van der Waals surface area contributed by atoms with Crippen molar-refractivity contribution in [3.63, 3.8) is 0 Å². The number of nitrogens with one attached hydrogen (secondary N) is 1. The second-order valence-corrected chi connectivity index (χ2v) is 5.46. The highest BCUT2D eigenvalue weighted by Gasteiger charge is 2.34. The van der Waals surface area contributed by atoms with Crippen molar-refractivity contribution in [2.45, 2.75) is 52.9 Å². The van der Waals surface area contributed by atoms with Gasteiger partial charge in [0.1, 0.15) is 0 Å². The van der Waals surface area contributed by atoms with E-state index < -0.39 is 11.7 Å². The van der Waals surface area contributed by atoms with Gasteiger partial charge in [-0.2, -0.15) is 13.2 Å². The Morgan fingerprint density at radius 1 is 1.19 bits per heavy atom. The summed E-state index contributed by atoms with van der Waals surface area (Å²) in [7, 11) is 0. The molecule has 0 aliphatic rings. The highest BCUT2D eigenvalue weighted by molar-refractivity contribution is 5.56. The summed E-state index contributed by atoms with van der Waals surface area (Å²) in [6.45, 7) is 9.43. The zero-order valence-electron chi connectivity index (χ0n) is 13.2. The summed E-state index contributed by atoms with van der Waals surface area (Å²) < 4.78 is 40.0. The number of hydrogen-bond donors (Lipinski definition) is 1. The molecule has 0 saturated carbocycles. The molecule has 0 atom stereocenters. The Morgan fingerprint density at radius 2 is 1.86 bits per heavy atom. The van der Waals surface area contributed by atoms with E-state index >= 15 is 0 Å². The maximum Gasteiger partial charge on any atom is 0.418 e. The summed E-state index contributed by atoms with van der Waals surface area (Å²) in [5, 5.41) is 3.15. The van der Waals surface area contributed by atoms with Gasteiger partial charge in [0.25, 0.3) is 0 Å². The van der Waals surface area contributed by atoms with Gasteiger partial charge in [-0.1, -0.05) is 26.8 Å². The minimum Gasteiger partial charge on any atom is -0.371 e. The quantitative estimate of drug-likeness (QED) is 0.801. The predicted octanol–water partition coefficient (Wildman–Crippen LogP) is 4.44.